The lowest BCUT2D eigenvalue weighted by atomic mass is 10.1. The van der Waals surface area contributed by atoms with E-state index in [2.05, 4.69) is 17.2 Å². The molecule has 1 aromatic rings. The number of thiol groups is 1. The van der Waals surface area contributed by atoms with Crippen LogP contribution in [0.2, 0.25) is 0 Å². The molecular weight excluding hydrogens is 315 g/mol. The Balaban J connectivity index is 1.67. The molecule has 0 amide bonds. The van der Waals surface area contributed by atoms with E-state index < -0.39 is 13.3 Å². The van der Waals surface area contributed by atoms with E-state index in [4.69, 9.17) is 14.2 Å². The monoisotopic (exact) mass is 332 g/mol. The van der Waals surface area contributed by atoms with Crippen molar-refractivity contribution in [2.24, 2.45) is 5.92 Å². The van der Waals surface area contributed by atoms with E-state index in [-0.39, 0.29) is 29.9 Å². The van der Waals surface area contributed by atoms with Gasteiger partial charge in [-0.3, -0.25) is 14.3 Å². The zero-order valence-electron chi connectivity index (χ0n) is 11.4. The van der Waals surface area contributed by atoms with Crippen molar-refractivity contribution < 1.29 is 14.2 Å². The van der Waals surface area contributed by atoms with Crippen LogP contribution in [0.1, 0.15) is 31.1 Å². The minimum absolute atomic E-state index is 0.00333. The third-order valence-corrected chi connectivity index (χ3v) is 4.71. The largest absolute Gasteiger partial charge is 0.354 e. The van der Waals surface area contributed by atoms with Crippen LogP contribution in [-0.4, -0.2) is 26.7 Å². The fourth-order valence-corrected chi connectivity index (χ4v) is 3.64. The fourth-order valence-electron chi connectivity index (χ4n) is 2.79. The molecule has 2 fully saturated rings. The minimum Gasteiger partial charge on any atom is -0.354 e. The first-order valence-corrected chi connectivity index (χ1v) is 9.14. The highest BCUT2D eigenvalue weighted by Crippen LogP contribution is 2.51. The smallest absolute Gasteiger partial charge is 0.330 e. The van der Waals surface area contributed by atoms with Crippen LogP contribution < -0.4 is 11.2 Å². The highest BCUT2D eigenvalue weighted by molar-refractivity contribution is 8.41. The molecule has 3 rings (SSSR count). The second-order valence-electron chi connectivity index (χ2n) is 5.48. The van der Waals surface area contributed by atoms with Crippen molar-refractivity contribution in [3.05, 3.63) is 32.6 Å². The SMILES string of the molecule is Cc1cn([C@H]2CCC(C3C[C@@H]3OP(O)S)O2)c(=O)[nH]c1=O. The molecule has 21 heavy (non-hydrogen) atoms. The lowest BCUT2D eigenvalue weighted by Gasteiger charge is -2.16. The Labute approximate surface area is 127 Å². The number of aryl methyl sites for hydroxylation is 1. The number of nitrogens with zero attached hydrogens (tertiary/aromatic N) is 1. The van der Waals surface area contributed by atoms with Gasteiger partial charge in [-0.1, -0.05) is 12.2 Å². The summed E-state index contributed by atoms with van der Waals surface area (Å²) in [6.07, 6.45) is 3.58. The Bertz CT molecular complexity index is 645. The quantitative estimate of drug-likeness (QED) is 0.567. The Hall–Kier alpha value is -0.660. The van der Waals surface area contributed by atoms with Crippen molar-refractivity contribution in [2.45, 2.75) is 44.6 Å². The maximum atomic E-state index is 11.8. The summed E-state index contributed by atoms with van der Waals surface area (Å²) in [7, 11) is -1.64. The fraction of sp³-hybridized carbons (Fsp3) is 0.667. The Morgan fingerprint density at radius 3 is 3.00 bits per heavy atom. The van der Waals surface area contributed by atoms with Crippen LogP contribution in [0.5, 0.6) is 0 Å². The van der Waals surface area contributed by atoms with E-state index >= 15 is 0 Å². The predicted molar refractivity (Wildman–Crippen MR) is 80.3 cm³/mol. The third kappa shape index (κ3) is 3.24. The Morgan fingerprint density at radius 1 is 1.52 bits per heavy atom. The number of aromatic amines is 1. The van der Waals surface area contributed by atoms with Crippen LogP contribution >= 0.6 is 19.8 Å². The van der Waals surface area contributed by atoms with Gasteiger partial charge in [0.2, 0.25) is 7.58 Å². The lowest BCUT2D eigenvalue weighted by Crippen LogP contribution is -2.33. The van der Waals surface area contributed by atoms with E-state index in [0.29, 0.717) is 12.0 Å². The van der Waals surface area contributed by atoms with Crippen LogP contribution in [0, 0.1) is 12.8 Å². The molecule has 1 aliphatic heterocycles. The molecule has 9 heteroatoms. The molecule has 3 unspecified atom stereocenters. The predicted octanol–water partition coefficient (Wildman–Crippen LogP) is 1.08. The van der Waals surface area contributed by atoms with Gasteiger partial charge in [0.15, 0.2) is 0 Å². The second-order valence-corrected chi connectivity index (χ2v) is 7.22. The lowest BCUT2D eigenvalue weighted by molar-refractivity contribution is -0.0154. The van der Waals surface area contributed by atoms with Crippen molar-refractivity contribution >= 4 is 19.8 Å². The van der Waals surface area contributed by atoms with Gasteiger partial charge in [0, 0.05) is 17.7 Å². The highest BCUT2D eigenvalue weighted by atomic mass is 32.7. The number of H-pyrrole nitrogens is 1. The molecule has 2 N–H and O–H groups in total. The van der Waals surface area contributed by atoms with Crippen molar-refractivity contribution in [1.82, 2.24) is 9.55 Å². The summed E-state index contributed by atoms with van der Waals surface area (Å²) in [5, 5.41) is 0. The van der Waals surface area contributed by atoms with Crippen LogP contribution in [0.15, 0.2) is 15.8 Å². The standard InChI is InChI=1S/C12H17N2O5PS/c1-6-5-14(12(16)13-11(6)15)10-3-2-8(18-10)7-4-9(7)19-20(17)21/h5,7-10,17,21H,2-4H2,1H3,(H,13,15,16)/t7?,8?,9-,10+,20?/m0/s1. The first kappa shape index (κ1) is 15.2. The zero-order valence-corrected chi connectivity index (χ0v) is 13.2. The van der Waals surface area contributed by atoms with Gasteiger partial charge in [-0.25, -0.2) is 4.79 Å². The van der Waals surface area contributed by atoms with Gasteiger partial charge in [0.25, 0.3) is 5.56 Å². The number of aromatic nitrogens is 2. The van der Waals surface area contributed by atoms with Crippen molar-refractivity contribution in [3.63, 3.8) is 0 Å². The molecule has 0 spiro atoms. The second kappa shape index (κ2) is 5.85. The van der Waals surface area contributed by atoms with Gasteiger partial charge in [-0.15, -0.1) is 0 Å². The zero-order chi connectivity index (χ0) is 15.1. The molecule has 1 saturated carbocycles. The maximum Gasteiger partial charge on any atom is 0.330 e. The summed E-state index contributed by atoms with van der Waals surface area (Å²) >= 11 is 3.85. The molecule has 0 radical (unpaired) electrons. The summed E-state index contributed by atoms with van der Waals surface area (Å²) < 4.78 is 12.6. The molecule has 5 atom stereocenters. The average Bonchev–Trinajstić information content (AvgIpc) is 2.99. The van der Waals surface area contributed by atoms with Crippen molar-refractivity contribution in [2.75, 3.05) is 0 Å². The first-order valence-electron chi connectivity index (χ1n) is 6.78. The van der Waals surface area contributed by atoms with E-state index in [1.165, 1.54) is 10.8 Å². The molecule has 0 aromatic carbocycles. The first-order chi connectivity index (χ1) is 9.95. The molecule has 1 aromatic heterocycles. The topological polar surface area (TPSA) is 93.6 Å². The maximum absolute atomic E-state index is 11.8. The van der Waals surface area contributed by atoms with E-state index in [0.717, 1.165) is 12.8 Å². The van der Waals surface area contributed by atoms with Crippen LogP contribution in [0.3, 0.4) is 0 Å². The van der Waals surface area contributed by atoms with Crippen LogP contribution in [0.25, 0.3) is 0 Å². The average molecular weight is 332 g/mol. The normalized spacial score (nSPS) is 33.1. The highest BCUT2D eigenvalue weighted by Gasteiger charge is 2.48. The summed E-state index contributed by atoms with van der Waals surface area (Å²) in [5.41, 5.74) is -0.337. The molecule has 1 saturated heterocycles. The van der Waals surface area contributed by atoms with E-state index in [1.807, 2.05) is 0 Å². The van der Waals surface area contributed by atoms with Gasteiger partial charge >= 0.3 is 5.69 Å². The molecule has 1 aliphatic carbocycles. The van der Waals surface area contributed by atoms with Crippen molar-refractivity contribution in [1.29, 1.82) is 0 Å². The molecule has 0 bridgehead atoms. The van der Waals surface area contributed by atoms with Crippen molar-refractivity contribution in [3.8, 4) is 0 Å². The molecule has 2 heterocycles. The summed E-state index contributed by atoms with van der Waals surface area (Å²) in [6, 6.07) is 0. The van der Waals surface area contributed by atoms with Gasteiger partial charge in [0.05, 0.1) is 12.2 Å². The number of ether oxygens (including phenoxy) is 1. The number of hydrogen-bond acceptors (Lipinski definition) is 6. The van der Waals surface area contributed by atoms with E-state index in [1.54, 1.807) is 6.92 Å². The molecule has 7 nitrogen and oxygen atoms in total. The molecule has 2 aliphatic rings. The van der Waals surface area contributed by atoms with E-state index in [9.17, 15) is 9.59 Å². The van der Waals surface area contributed by atoms with Gasteiger partial charge < -0.3 is 14.2 Å². The van der Waals surface area contributed by atoms with Gasteiger partial charge in [0.1, 0.15) is 6.23 Å². The molecular formula is C12H17N2O5PS. The number of nitrogens with one attached hydrogen (secondary N) is 1. The summed E-state index contributed by atoms with van der Waals surface area (Å²) in [5.74, 6) is 0.249. The third-order valence-electron chi connectivity index (χ3n) is 3.97. The van der Waals surface area contributed by atoms with Crippen LogP contribution in [-0.2, 0) is 9.26 Å². The Morgan fingerprint density at radius 2 is 2.29 bits per heavy atom. The number of rotatable bonds is 4. The van der Waals surface area contributed by atoms with Crippen LogP contribution in [0.4, 0.5) is 0 Å². The van der Waals surface area contributed by atoms with Gasteiger partial charge in [-0.2, -0.15) is 0 Å². The van der Waals surface area contributed by atoms with Gasteiger partial charge in [-0.05, 0) is 26.2 Å². The number of hydrogen-bond donors (Lipinski definition) is 3. The molecule has 116 valence electrons. The minimum atomic E-state index is -1.64. The summed E-state index contributed by atoms with van der Waals surface area (Å²) in [4.78, 5) is 34.6. The summed E-state index contributed by atoms with van der Waals surface area (Å²) in [6.45, 7) is 1.65. The Kier molecular flexibility index (Phi) is 4.25.